The van der Waals surface area contributed by atoms with Crippen molar-refractivity contribution in [3.05, 3.63) is 0 Å². The van der Waals surface area contributed by atoms with Gasteiger partial charge in [-0.15, -0.1) is 0 Å². The summed E-state index contributed by atoms with van der Waals surface area (Å²) >= 11 is 0. The Labute approximate surface area is 90.0 Å². The third-order valence-electron chi connectivity index (χ3n) is 3.42. The van der Waals surface area contributed by atoms with Gasteiger partial charge in [0.05, 0.1) is 11.8 Å². The molecule has 0 amide bonds. The van der Waals surface area contributed by atoms with E-state index in [4.69, 9.17) is 0 Å². The molecule has 1 saturated carbocycles. The predicted octanol–water partition coefficient (Wildman–Crippen LogP) is 4.41. The van der Waals surface area contributed by atoms with Crippen LogP contribution >= 0.6 is 0 Å². The summed E-state index contributed by atoms with van der Waals surface area (Å²) in [5.74, 6) is -5.57. The molecule has 1 aliphatic rings. The molecule has 0 spiro atoms. The first-order valence-corrected chi connectivity index (χ1v) is 5.17. The zero-order valence-corrected chi connectivity index (χ0v) is 8.99. The van der Waals surface area contributed by atoms with Gasteiger partial charge in [0.2, 0.25) is 0 Å². The molecule has 0 aliphatic heterocycles. The van der Waals surface area contributed by atoms with E-state index in [1.807, 2.05) is 0 Å². The highest BCUT2D eigenvalue weighted by Crippen LogP contribution is 2.50. The molecule has 0 saturated heterocycles. The van der Waals surface area contributed by atoms with Gasteiger partial charge in [0.25, 0.3) is 0 Å². The summed E-state index contributed by atoms with van der Waals surface area (Å²) in [6.45, 7) is 2.51. The van der Waals surface area contributed by atoms with Crippen LogP contribution in [0.5, 0.6) is 0 Å². The van der Waals surface area contributed by atoms with Crippen LogP contribution in [0.1, 0.15) is 26.7 Å². The number of rotatable bonds is 0. The van der Waals surface area contributed by atoms with Crippen LogP contribution in [0.2, 0.25) is 0 Å². The molecule has 2 atom stereocenters. The van der Waals surface area contributed by atoms with Gasteiger partial charge >= 0.3 is 12.4 Å². The molecule has 0 radical (unpaired) electrons. The van der Waals surface area contributed by atoms with Gasteiger partial charge in [-0.2, -0.15) is 26.3 Å². The van der Waals surface area contributed by atoms with E-state index < -0.39 is 36.0 Å². The van der Waals surface area contributed by atoms with E-state index in [-0.39, 0.29) is 12.8 Å². The molecule has 0 heterocycles. The zero-order valence-electron chi connectivity index (χ0n) is 8.99. The molecule has 0 aromatic heterocycles. The van der Waals surface area contributed by atoms with Gasteiger partial charge in [-0.05, 0) is 24.7 Å². The molecule has 1 aliphatic carbocycles. The van der Waals surface area contributed by atoms with Crippen molar-refractivity contribution in [2.24, 2.45) is 23.7 Å². The van der Waals surface area contributed by atoms with Crippen molar-refractivity contribution in [3.63, 3.8) is 0 Å². The summed E-state index contributed by atoms with van der Waals surface area (Å²) in [5, 5.41) is 0. The summed E-state index contributed by atoms with van der Waals surface area (Å²) in [7, 11) is 0. The van der Waals surface area contributed by atoms with E-state index in [9.17, 15) is 26.3 Å². The van der Waals surface area contributed by atoms with Crippen molar-refractivity contribution in [1.29, 1.82) is 0 Å². The van der Waals surface area contributed by atoms with Crippen LogP contribution in [0, 0.1) is 23.7 Å². The van der Waals surface area contributed by atoms with E-state index in [2.05, 4.69) is 0 Å². The van der Waals surface area contributed by atoms with E-state index in [1.54, 1.807) is 0 Å². The first-order valence-electron chi connectivity index (χ1n) is 5.17. The second-order valence-corrected chi connectivity index (χ2v) is 4.73. The minimum Gasteiger partial charge on any atom is -0.171 e. The van der Waals surface area contributed by atoms with Crippen LogP contribution in [0.25, 0.3) is 0 Å². The van der Waals surface area contributed by atoms with Crippen molar-refractivity contribution in [2.45, 2.75) is 39.0 Å². The highest BCUT2D eigenvalue weighted by molar-refractivity contribution is 4.89. The van der Waals surface area contributed by atoms with Crippen molar-refractivity contribution < 1.29 is 26.3 Å². The largest absolute Gasteiger partial charge is 0.392 e. The third-order valence-corrected chi connectivity index (χ3v) is 3.42. The highest BCUT2D eigenvalue weighted by atomic mass is 19.4. The Bertz CT molecular complexity index is 217. The number of alkyl halides is 6. The Hall–Kier alpha value is -0.420. The maximum absolute atomic E-state index is 12.6. The van der Waals surface area contributed by atoms with Crippen LogP contribution in [0.4, 0.5) is 26.3 Å². The molecule has 0 aromatic carbocycles. The van der Waals surface area contributed by atoms with Crippen LogP contribution < -0.4 is 0 Å². The minimum atomic E-state index is -4.53. The Kier molecular flexibility index (Phi) is 3.50. The molecule has 0 nitrogen and oxygen atoms in total. The zero-order chi connectivity index (χ0) is 12.7. The Morgan fingerprint density at radius 3 is 1.31 bits per heavy atom. The Balaban J connectivity index is 2.91. The van der Waals surface area contributed by atoms with Gasteiger partial charge in [0.15, 0.2) is 0 Å². The van der Waals surface area contributed by atoms with Crippen LogP contribution in [-0.2, 0) is 0 Å². The first kappa shape index (κ1) is 13.6. The fourth-order valence-electron chi connectivity index (χ4n) is 2.54. The molecule has 96 valence electrons. The van der Waals surface area contributed by atoms with Crippen molar-refractivity contribution in [3.8, 4) is 0 Å². The Morgan fingerprint density at radius 2 is 1.06 bits per heavy atom. The van der Waals surface area contributed by atoms with Gasteiger partial charge in [0.1, 0.15) is 0 Å². The molecule has 0 bridgehead atoms. The second-order valence-electron chi connectivity index (χ2n) is 4.73. The summed E-state index contributed by atoms with van der Waals surface area (Å²) < 4.78 is 75.4. The van der Waals surface area contributed by atoms with Crippen molar-refractivity contribution >= 4 is 0 Å². The second kappa shape index (κ2) is 4.11. The molecule has 16 heavy (non-hydrogen) atoms. The molecular formula is C10H14F6. The van der Waals surface area contributed by atoms with Crippen LogP contribution in [-0.4, -0.2) is 12.4 Å². The van der Waals surface area contributed by atoms with Crippen LogP contribution in [0.15, 0.2) is 0 Å². The van der Waals surface area contributed by atoms with Crippen LogP contribution in [0.3, 0.4) is 0 Å². The lowest BCUT2D eigenvalue weighted by molar-refractivity contribution is -0.248. The molecule has 6 heteroatoms. The summed E-state index contributed by atoms with van der Waals surface area (Å²) in [6, 6.07) is 0. The number of halogens is 6. The smallest absolute Gasteiger partial charge is 0.171 e. The van der Waals surface area contributed by atoms with E-state index in [0.717, 1.165) is 6.92 Å². The Morgan fingerprint density at radius 1 is 0.750 bits per heavy atom. The van der Waals surface area contributed by atoms with E-state index in [0.29, 0.717) is 0 Å². The summed E-state index contributed by atoms with van der Waals surface area (Å²) in [4.78, 5) is 0. The lowest BCUT2D eigenvalue weighted by atomic mass is 9.68. The monoisotopic (exact) mass is 248 g/mol. The van der Waals surface area contributed by atoms with E-state index in [1.165, 1.54) is 6.92 Å². The van der Waals surface area contributed by atoms with Gasteiger partial charge in [-0.1, -0.05) is 13.8 Å². The molecule has 0 aromatic rings. The van der Waals surface area contributed by atoms with Gasteiger partial charge in [0, 0.05) is 0 Å². The van der Waals surface area contributed by atoms with E-state index >= 15 is 0 Å². The fraction of sp³-hybridized carbons (Fsp3) is 1.00. The molecule has 1 rings (SSSR count). The molecular weight excluding hydrogens is 234 g/mol. The minimum absolute atomic E-state index is 0.197. The SMILES string of the molecule is CC1CC(C(F)(F)F)C(C)C(C(F)(F)F)C1. The van der Waals surface area contributed by atoms with Gasteiger partial charge < -0.3 is 0 Å². The maximum atomic E-state index is 12.6. The third kappa shape index (κ3) is 2.83. The fourth-order valence-corrected chi connectivity index (χ4v) is 2.54. The lowest BCUT2D eigenvalue weighted by Crippen LogP contribution is -2.44. The quantitative estimate of drug-likeness (QED) is 0.557. The predicted molar refractivity (Wildman–Crippen MR) is 46.7 cm³/mol. The normalized spacial score (nSPS) is 37.5. The summed E-state index contributed by atoms with van der Waals surface area (Å²) in [5.41, 5.74) is 0. The first-order chi connectivity index (χ1) is 7.03. The maximum Gasteiger partial charge on any atom is 0.392 e. The standard InChI is InChI=1S/C10H14F6/c1-5-3-7(9(11,12)13)6(2)8(4-5)10(14,15)16/h5-8H,3-4H2,1-2H3. The average Bonchev–Trinajstić information content (AvgIpc) is 2.04. The number of hydrogen-bond acceptors (Lipinski definition) is 0. The van der Waals surface area contributed by atoms with Crippen molar-refractivity contribution in [1.82, 2.24) is 0 Å². The highest BCUT2D eigenvalue weighted by Gasteiger charge is 2.55. The molecule has 0 N–H and O–H groups in total. The summed E-state index contributed by atoms with van der Waals surface area (Å²) in [6.07, 6.45) is -9.45. The van der Waals surface area contributed by atoms with Gasteiger partial charge in [-0.25, -0.2) is 0 Å². The topological polar surface area (TPSA) is 0 Å². The molecule has 2 unspecified atom stereocenters. The van der Waals surface area contributed by atoms with Crippen molar-refractivity contribution in [2.75, 3.05) is 0 Å². The lowest BCUT2D eigenvalue weighted by Gasteiger charge is -2.40. The average molecular weight is 248 g/mol. The molecule has 1 fully saturated rings. The van der Waals surface area contributed by atoms with Gasteiger partial charge in [-0.3, -0.25) is 0 Å². The number of hydrogen-bond donors (Lipinski definition) is 0.